The van der Waals surface area contributed by atoms with Crippen LogP contribution < -0.4 is 0 Å². The normalized spacial score (nSPS) is 11.6. The lowest BCUT2D eigenvalue weighted by Crippen LogP contribution is -2.08. The van der Waals surface area contributed by atoms with Gasteiger partial charge in [0.05, 0.1) is 17.3 Å². The lowest BCUT2D eigenvalue weighted by Gasteiger charge is -2.08. The number of hydrogen-bond donors (Lipinski definition) is 0. The first kappa shape index (κ1) is 18.1. The van der Waals surface area contributed by atoms with Crippen molar-refractivity contribution in [3.05, 3.63) is 59.7 Å². The summed E-state index contributed by atoms with van der Waals surface area (Å²) in [6.07, 6.45) is 1.08. The molecule has 4 rings (SSSR count). The average Bonchev–Trinajstić information content (AvgIpc) is 3.25. The van der Waals surface area contributed by atoms with Gasteiger partial charge in [-0.1, -0.05) is 13.0 Å². The highest BCUT2D eigenvalue weighted by Crippen LogP contribution is 2.29. The lowest BCUT2D eigenvalue weighted by molar-refractivity contribution is 0.146. The van der Waals surface area contributed by atoms with Gasteiger partial charge in [0.25, 0.3) is 6.43 Å². The van der Waals surface area contributed by atoms with Gasteiger partial charge in [-0.15, -0.1) is 10.2 Å². The van der Waals surface area contributed by atoms with E-state index in [0.717, 1.165) is 35.7 Å². The van der Waals surface area contributed by atoms with Crippen molar-refractivity contribution in [3.8, 4) is 11.1 Å². The molecule has 0 N–H and O–H groups in total. The second kappa shape index (κ2) is 7.06. The monoisotopic (exact) mass is 386 g/mol. The molecule has 144 valence electrons. The molecule has 0 spiro atoms. The first-order valence-corrected chi connectivity index (χ1v) is 8.74. The number of alkyl halides is 2. The highest BCUT2D eigenvalue weighted by atomic mass is 19.3. The maximum atomic E-state index is 13.6. The van der Waals surface area contributed by atoms with Gasteiger partial charge in [-0.25, -0.2) is 13.2 Å². The Kier molecular flexibility index (Phi) is 4.58. The first-order chi connectivity index (χ1) is 13.5. The third kappa shape index (κ3) is 3.12. The molecule has 9 heteroatoms. The summed E-state index contributed by atoms with van der Waals surface area (Å²) in [6.45, 7) is 2.40. The smallest absolute Gasteiger partial charge is 0.266 e. The molecule has 28 heavy (non-hydrogen) atoms. The van der Waals surface area contributed by atoms with Crippen molar-refractivity contribution in [2.75, 3.05) is 0 Å². The van der Waals surface area contributed by atoms with Crippen molar-refractivity contribution < 1.29 is 13.2 Å². The number of halogens is 3. The summed E-state index contributed by atoms with van der Waals surface area (Å²) >= 11 is 0. The fourth-order valence-electron chi connectivity index (χ4n) is 3.11. The van der Waals surface area contributed by atoms with Crippen molar-refractivity contribution in [1.82, 2.24) is 29.5 Å². The van der Waals surface area contributed by atoms with Gasteiger partial charge in [-0.05, 0) is 23.8 Å². The quantitative estimate of drug-likeness (QED) is 0.522. The van der Waals surface area contributed by atoms with E-state index in [-0.39, 0.29) is 0 Å². The van der Waals surface area contributed by atoms with Crippen molar-refractivity contribution in [1.29, 1.82) is 0 Å². The van der Waals surface area contributed by atoms with Crippen LogP contribution in [0.5, 0.6) is 0 Å². The zero-order valence-corrected chi connectivity index (χ0v) is 15.3. The molecule has 0 fully saturated rings. The van der Waals surface area contributed by atoms with Gasteiger partial charge in [-0.2, -0.15) is 5.10 Å². The summed E-state index contributed by atoms with van der Waals surface area (Å²) in [4.78, 5) is 4.35. The van der Waals surface area contributed by atoms with Crippen LogP contribution in [0.1, 0.15) is 30.6 Å². The fraction of sp³-hybridized carbons (Fsp3) is 0.263. The summed E-state index contributed by atoms with van der Waals surface area (Å²) in [5, 5.41) is 12.7. The Balaban J connectivity index is 1.74. The van der Waals surface area contributed by atoms with Crippen LogP contribution in [0.3, 0.4) is 0 Å². The summed E-state index contributed by atoms with van der Waals surface area (Å²) in [5.74, 6) is 0.692. The number of hydrogen-bond acceptors (Lipinski definition) is 4. The summed E-state index contributed by atoms with van der Waals surface area (Å²) in [7, 11) is 1.90. The standard InChI is InChI=1S/C19H17F3N6/c1-3-17-25-26-18(27(17)2)10-28-16-7-12(8-23-15(16)9-24-28)11-4-5-14(20)13(6-11)19(21)22/h4-9,19H,3,10H2,1-2H3. The molecule has 0 aliphatic heterocycles. The predicted molar refractivity (Wildman–Crippen MR) is 97.4 cm³/mol. The Morgan fingerprint density at radius 3 is 2.54 bits per heavy atom. The Morgan fingerprint density at radius 2 is 1.82 bits per heavy atom. The molecule has 0 bridgehead atoms. The van der Waals surface area contributed by atoms with Crippen LogP contribution in [0.25, 0.3) is 22.2 Å². The number of nitrogens with zero attached hydrogens (tertiary/aromatic N) is 6. The third-order valence-corrected chi connectivity index (χ3v) is 4.72. The van der Waals surface area contributed by atoms with Gasteiger partial charge >= 0.3 is 0 Å². The van der Waals surface area contributed by atoms with Crippen LogP contribution in [0.4, 0.5) is 13.2 Å². The molecule has 1 aromatic carbocycles. The molecular weight excluding hydrogens is 369 g/mol. The van der Waals surface area contributed by atoms with Crippen molar-refractivity contribution in [2.24, 2.45) is 7.05 Å². The predicted octanol–water partition coefficient (Wildman–Crippen LogP) is 3.91. The molecule has 0 aliphatic rings. The van der Waals surface area contributed by atoms with E-state index in [2.05, 4.69) is 20.3 Å². The molecule has 3 aromatic heterocycles. The highest BCUT2D eigenvalue weighted by molar-refractivity contribution is 5.80. The molecule has 0 saturated carbocycles. The molecule has 0 unspecified atom stereocenters. The topological polar surface area (TPSA) is 61.4 Å². The first-order valence-electron chi connectivity index (χ1n) is 8.74. The van der Waals surface area contributed by atoms with Crippen LogP contribution in [-0.4, -0.2) is 29.5 Å². The molecule has 0 amide bonds. The average molecular weight is 386 g/mol. The summed E-state index contributed by atoms with van der Waals surface area (Å²) in [6, 6.07) is 5.46. The van der Waals surface area contributed by atoms with E-state index in [0.29, 0.717) is 23.2 Å². The van der Waals surface area contributed by atoms with Gasteiger partial charge < -0.3 is 4.57 Å². The van der Waals surface area contributed by atoms with Gasteiger partial charge in [0.1, 0.15) is 23.7 Å². The largest absolute Gasteiger partial charge is 0.317 e. The van der Waals surface area contributed by atoms with Gasteiger partial charge in [0, 0.05) is 25.2 Å². The number of aryl methyl sites for hydroxylation is 1. The lowest BCUT2D eigenvalue weighted by atomic mass is 10.0. The number of aromatic nitrogens is 6. The molecule has 0 radical (unpaired) electrons. The number of pyridine rings is 1. The van der Waals surface area contributed by atoms with E-state index < -0.39 is 17.8 Å². The van der Waals surface area contributed by atoms with Gasteiger partial charge in [0.15, 0.2) is 5.82 Å². The number of rotatable bonds is 5. The van der Waals surface area contributed by atoms with Crippen molar-refractivity contribution in [2.45, 2.75) is 26.3 Å². The molecule has 3 heterocycles. The van der Waals surface area contributed by atoms with E-state index in [1.165, 1.54) is 6.07 Å². The maximum absolute atomic E-state index is 13.6. The van der Waals surface area contributed by atoms with Crippen LogP contribution >= 0.6 is 0 Å². The fourth-order valence-corrected chi connectivity index (χ4v) is 3.11. The van der Waals surface area contributed by atoms with Crippen molar-refractivity contribution >= 4 is 11.0 Å². The second-order valence-corrected chi connectivity index (χ2v) is 6.41. The second-order valence-electron chi connectivity index (χ2n) is 6.41. The van der Waals surface area contributed by atoms with E-state index in [4.69, 9.17) is 0 Å². The Labute approximate surface area is 158 Å². The highest BCUT2D eigenvalue weighted by Gasteiger charge is 2.16. The van der Waals surface area contributed by atoms with E-state index in [1.54, 1.807) is 23.1 Å². The SMILES string of the molecule is CCc1nnc(Cn2ncc3ncc(-c4ccc(F)c(C(F)F)c4)cc32)n1C. The van der Waals surface area contributed by atoms with Crippen LogP contribution in [-0.2, 0) is 20.0 Å². The van der Waals surface area contributed by atoms with Gasteiger partial charge in [0.2, 0.25) is 0 Å². The van der Waals surface area contributed by atoms with Crippen molar-refractivity contribution in [3.63, 3.8) is 0 Å². The third-order valence-electron chi connectivity index (χ3n) is 4.72. The maximum Gasteiger partial charge on any atom is 0.266 e. The molecule has 6 nitrogen and oxygen atoms in total. The van der Waals surface area contributed by atoms with E-state index in [9.17, 15) is 13.2 Å². The minimum atomic E-state index is -2.88. The zero-order valence-electron chi connectivity index (χ0n) is 15.3. The van der Waals surface area contributed by atoms with Gasteiger partial charge in [-0.3, -0.25) is 9.67 Å². The Hall–Kier alpha value is -3.23. The number of benzene rings is 1. The molecule has 0 saturated heterocycles. The van der Waals surface area contributed by atoms with Crippen LogP contribution in [0, 0.1) is 5.82 Å². The van der Waals surface area contributed by atoms with E-state index in [1.807, 2.05) is 18.5 Å². The molecule has 0 aliphatic carbocycles. The van der Waals surface area contributed by atoms with Crippen LogP contribution in [0.2, 0.25) is 0 Å². The summed E-state index contributed by atoms with van der Waals surface area (Å²) < 4.78 is 43.3. The molecule has 0 atom stereocenters. The number of fused-ring (bicyclic) bond motifs is 1. The minimum absolute atomic E-state index is 0.393. The Bertz CT molecular complexity index is 1150. The Morgan fingerprint density at radius 1 is 1.04 bits per heavy atom. The van der Waals surface area contributed by atoms with E-state index >= 15 is 0 Å². The minimum Gasteiger partial charge on any atom is -0.317 e. The molecule has 4 aromatic rings. The zero-order chi connectivity index (χ0) is 19.8. The summed E-state index contributed by atoms with van der Waals surface area (Å²) in [5.41, 5.74) is 1.82. The molecular formula is C19H17F3N6. The van der Waals surface area contributed by atoms with Crippen LogP contribution in [0.15, 0.2) is 36.7 Å².